The van der Waals surface area contributed by atoms with Crippen LogP contribution in [0, 0.1) is 11.8 Å². The number of nitrogen functional groups attached to an aromatic ring is 1. The lowest BCUT2D eigenvalue weighted by Crippen LogP contribution is -2.07. The van der Waals surface area contributed by atoms with Crippen molar-refractivity contribution in [2.75, 3.05) is 5.73 Å². The molecule has 2 saturated carbocycles. The highest BCUT2D eigenvalue weighted by molar-refractivity contribution is 5.86. The topological polar surface area (TPSA) is 89.3 Å². The maximum absolute atomic E-state index is 9.91. The van der Waals surface area contributed by atoms with Gasteiger partial charge in [0.25, 0.3) is 0 Å². The fraction of sp³-hybridized carbons (Fsp3) is 0.222. The minimum absolute atomic E-state index is 0.157. The van der Waals surface area contributed by atoms with Gasteiger partial charge in [-0.05, 0) is 36.8 Å². The highest BCUT2D eigenvalue weighted by Gasteiger charge is 2.58. The highest BCUT2D eigenvalue weighted by Crippen LogP contribution is 2.62. The lowest BCUT2D eigenvalue weighted by Gasteiger charge is -2.10. The molecule has 5 aromatic rings. The van der Waals surface area contributed by atoms with E-state index in [1.807, 2.05) is 30.6 Å². The summed E-state index contributed by atoms with van der Waals surface area (Å²) in [7, 11) is 0. The molecular formula is C27H23N5O. The molecule has 3 heterocycles. The first-order valence-corrected chi connectivity index (χ1v) is 11.4. The number of aliphatic hydroxyl groups excluding tert-OH is 1. The Balaban J connectivity index is 1.31. The Morgan fingerprint density at radius 3 is 2.48 bits per heavy atom. The molecule has 7 rings (SSSR count). The van der Waals surface area contributed by atoms with Crippen LogP contribution < -0.4 is 5.73 Å². The first-order valence-electron chi connectivity index (χ1n) is 11.4. The van der Waals surface area contributed by atoms with Crippen molar-refractivity contribution in [2.45, 2.75) is 24.9 Å². The van der Waals surface area contributed by atoms with Gasteiger partial charge in [0, 0.05) is 28.6 Å². The summed E-state index contributed by atoms with van der Waals surface area (Å²) in [5.41, 5.74) is 11.9. The van der Waals surface area contributed by atoms with Crippen LogP contribution >= 0.6 is 0 Å². The van der Waals surface area contributed by atoms with Crippen LogP contribution in [0.1, 0.15) is 24.6 Å². The van der Waals surface area contributed by atoms with Crippen LogP contribution in [0.4, 0.5) is 5.82 Å². The Kier molecular flexibility index (Phi) is 3.90. The molecule has 6 heteroatoms. The molecule has 6 nitrogen and oxygen atoms in total. The van der Waals surface area contributed by atoms with Crippen LogP contribution in [0.15, 0.2) is 73.1 Å². The second-order valence-electron chi connectivity index (χ2n) is 9.33. The number of nitrogens with zero attached hydrogens (tertiary/aromatic N) is 4. The Labute approximate surface area is 190 Å². The Bertz CT molecular complexity index is 1510. The molecule has 2 fully saturated rings. The Hall–Kier alpha value is -3.77. The van der Waals surface area contributed by atoms with E-state index in [2.05, 4.69) is 51.8 Å². The molecule has 2 aliphatic carbocycles. The van der Waals surface area contributed by atoms with Gasteiger partial charge >= 0.3 is 0 Å². The van der Waals surface area contributed by atoms with E-state index < -0.39 is 0 Å². The smallest absolute Gasteiger partial charge is 0.150 e. The highest BCUT2D eigenvalue weighted by atomic mass is 16.3. The summed E-state index contributed by atoms with van der Waals surface area (Å²) >= 11 is 0. The molecule has 2 unspecified atom stereocenters. The summed E-state index contributed by atoms with van der Waals surface area (Å²) in [6.07, 6.45) is 5.45. The van der Waals surface area contributed by atoms with Crippen LogP contribution in [0.2, 0.25) is 0 Å². The van der Waals surface area contributed by atoms with Gasteiger partial charge in [-0.3, -0.25) is 4.40 Å². The molecule has 0 spiro atoms. The predicted molar refractivity (Wildman–Crippen MR) is 129 cm³/mol. The van der Waals surface area contributed by atoms with Gasteiger partial charge < -0.3 is 10.8 Å². The first kappa shape index (κ1) is 18.8. The van der Waals surface area contributed by atoms with Gasteiger partial charge in [0.2, 0.25) is 0 Å². The molecule has 33 heavy (non-hydrogen) atoms. The minimum atomic E-state index is -0.157. The summed E-state index contributed by atoms with van der Waals surface area (Å²) in [5, 5.41) is 11.0. The second kappa shape index (κ2) is 6.86. The molecule has 0 radical (unpaired) electrons. The van der Waals surface area contributed by atoms with Crippen molar-refractivity contribution >= 4 is 22.2 Å². The lowest BCUT2D eigenvalue weighted by molar-refractivity contribution is 0.165. The van der Waals surface area contributed by atoms with Gasteiger partial charge in [0.15, 0.2) is 0 Å². The van der Waals surface area contributed by atoms with E-state index in [0.717, 1.165) is 57.6 Å². The van der Waals surface area contributed by atoms with Gasteiger partial charge in [-0.1, -0.05) is 48.5 Å². The van der Waals surface area contributed by atoms with Gasteiger partial charge in [-0.15, -0.1) is 0 Å². The number of nitrogens with two attached hydrogens (primary N) is 1. The van der Waals surface area contributed by atoms with E-state index in [0.29, 0.717) is 23.6 Å². The first-order chi connectivity index (χ1) is 16.2. The number of aliphatic hydroxyl groups is 1. The van der Waals surface area contributed by atoms with Crippen molar-refractivity contribution in [3.8, 4) is 22.5 Å². The van der Waals surface area contributed by atoms with Crippen LogP contribution in [0.3, 0.4) is 0 Å². The fourth-order valence-electron chi connectivity index (χ4n) is 5.67. The Morgan fingerprint density at radius 2 is 1.67 bits per heavy atom. The monoisotopic (exact) mass is 433 g/mol. The zero-order valence-electron chi connectivity index (χ0n) is 18.0. The third-order valence-corrected chi connectivity index (χ3v) is 7.36. The lowest BCUT2D eigenvalue weighted by atomic mass is 10.1. The van der Waals surface area contributed by atoms with Gasteiger partial charge in [-0.2, -0.15) is 0 Å². The fourth-order valence-corrected chi connectivity index (χ4v) is 5.67. The molecule has 2 aromatic carbocycles. The number of benzene rings is 2. The van der Waals surface area contributed by atoms with Crippen LogP contribution in [-0.4, -0.2) is 30.6 Å². The van der Waals surface area contributed by atoms with Crippen molar-refractivity contribution in [3.63, 3.8) is 0 Å². The third kappa shape index (κ3) is 2.94. The number of hydrogen-bond acceptors (Lipinski definition) is 5. The molecule has 0 bridgehead atoms. The quantitative estimate of drug-likeness (QED) is 0.431. The molecule has 2 atom stereocenters. The summed E-state index contributed by atoms with van der Waals surface area (Å²) in [5.74, 6) is 2.97. The number of anilines is 1. The normalized spacial score (nSPS) is 23.8. The maximum atomic E-state index is 9.91. The standard InChI is InChI=1S/C27H23N5O/c28-26-24-13-29-27(25-19-11-18(33)12-20(19)25)32(24)14-23(31-26)17-7-6-16-8-9-21(30-22(16)10-17)15-4-2-1-3-5-15/h1-10,13-14,18-20,25,33H,11-12H2,(H2,28,31). The number of imidazole rings is 1. The second-order valence-corrected chi connectivity index (χ2v) is 9.33. The third-order valence-electron chi connectivity index (χ3n) is 7.36. The summed E-state index contributed by atoms with van der Waals surface area (Å²) in [6.45, 7) is 0. The number of hydrogen-bond donors (Lipinski definition) is 2. The van der Waals surface area contributed by atoms with Crippen molar-refractivity contribution < 1.29 is 5.11 Å². The molecule has 162 valence electrons. The minimum Gasteiger partial charge on any atom is -0.393 e. The Morgan fingerprint density at radius 1 is 0.879 bits per heavy atom. The summed E-state index contributed by atoms with van der Waals surface area (Å²) in [6, 6.07) is 20.6. The molecule has 3 aromatic heterocycles. The van der Waals surface area contributed by atoms with E-state index in [1.165, 1.54) is 0 Å². The molecule has 2 aliphatic rings. The van der Waals surface area contributed by atoms with E-state index in [9.17, 15) is 5.11 Å². The summed E-state index contributed by atoms with van der Waals surface area (Å²) in [4.78, 5) is 14.3. The van der Waals surface area contributed by atoms with Gasteiger partial charge in [-0.25, -0.2) is 15.0 Å². The van der Waals surface area contributed by atoms with Crippen molar-refractivity contribution in [2.24, 2.45) is 11.8 Å². The molecule has 0 aliphatic heterocycles. The molecule has 0 saturated heterocycles. The van der Waals surface area contributed by atoms with Crippen molar-refractivity contribution in [1.29, 1.82) is 0 Å². The van der Waals surface area contributed by atoms with E-state index >= 15 is 0 Å². The zero-order valence-corrected chi connectivity index (χ0v) is 18.0. The van der Waals surface area contributed by atoms with Gasteiger partial charge in [0.05, 0.1) is 29.2 Å². The largest absolute Gasteiger partial charge is 0.393 e. The van der Waals surface area contributed by atoms with Crippen LogP contribution in [0.25, 0.3) is 38.9 Å². The summed E-state index contributed by atoms with van der Waals surface area (Å²) < 4.78 is 2.10. The molecular weight excluding hydrogens is 410 g/mol. The van der Waals surface area contributed by atoms with Gasteiger partial charge in [0.1, 0.15) is 17.2 Å². The number of pyridine rings is 1. The average Bonchev–Trinajstić information content (AvgIpc) is 3.16. The average molecular weight is 434 g/mol. The number of aromatic nitrogens is 4. The molecule has 0 amide bonds. The SMILES string of the molecule is Nc1nc(-c2ccc3ccc(-c4ccccc4)nc3c2)cn2c(C3C4CC(O)CC43)ncc12. The van der Waals surface area contributed by atoms with E-state index in [-0.39, 0.29) is 6.10 Å². The maximum Gasteiger partial charge on any atom is 0.150 e. The van der Waals surface area contributed by atoms with Crippen LogP contribution in [0.5, 0.6) is 0 Å². The van der Waals surface area contributed by atoms with Crippen LogP contribution in [-0.2, 0) is 0 Å². The molecule has 3 N–H and O–H groups in total. The number of fused-ring (bicyclic) bond motifs is 3. The predicted octanol–water partition coefficient (Wildman–Crippen LogP) is 4.68. The van der Waals surface area contributed by atoms with Crippen molar-refractivity contribution in [3.05, 3.63) is 78.9 Å². The zero-order chi connectivity index (χ0) is 22.1. The number of rotatable bonds is 3. The van der Waals surface area contributed by atoms with E-state index in [1.54, 1.807) is 0 Å². The van der Waals surface area contributed by atoms with E-state index in [4.69, 9.17) is 15.7 Å². The van der Waals surface area contributed by atoms with Crippen molar-refractivity contribution in [1.82, 2.24) is 19.4 Å².